The molecule has 1 saturated heterocycles. The van der Waals surface area contributed by atoms with Crippen molar-refractivity contribution >= 4 is 17.7 Å². The molecule has 0 radical (unpaired) electrons. The normalized spacial score (nSPS) is 25.5. The lowest BCUT2D eigenvalue weighted by Crippen LogP contribution is -2.55. The summed E-state index contributed by atoms with van der Waals surface area (Å²) >= 11 is 6.36. The number of nitrogens with one attached hydrogen (secondary N) is 1. The maximum atomic E-state index is 12.4. The first-order valence-corrected chi connectivity index (χ1v) is 11.1. The summed E-state index contributed by atoms with van der Waals surface area (Å²) in [7, 11) is 0. The molecule has 7 heteroatoms. The van der Waals surface area contributed by atoms with E-state index < -0.39 is 6.09 Å². The molecule has 6 nitrogen and oxygen atoms in total. The van der Waals surface area contributed by atoms with Crippen molar-refractivity contribution in [3.8, 4) is 11.8 Å². The van der Waals surface area contributed by atoms with Crippen molar-refractivity contribution in [3.05, 3.63) is 64.7 Å². The van der Waals surface area contributed by atoms with Gasteiger partial charge in [0, 0.05) is 12.6 Å². The standard InChI is InChI=1S/C24H26ClN3O3/c25-20-11-16(14-26)8-9-22(20)31-23-13-18(17-5-2-1-3-6-17)12-21(23)28(24(29)30)19-7-4-10-27-15-19/h1-3,5-6,8-9,11,18-19,21,23,27H,4,7,10,12-13,15H2,(H,29,30)/t18?,19-,21?,23?/m1/s1. The van der Waals surface area contributed by atoms with E-state index in [-0.39, 0.29) is 24.1 Å². The molecule has 2 N–H and O–H groups in total. The van der Waals surface area contributed by atoms with Gasteiger partial charge in [-0.1, -0.05) is 41.9 Å². The summed E-state index contributed by atoms with van der Waals surface area (Å²) in [6, 6.07) is 16.8. The summed E-state index contributed by atoms with van der Waals surface area (Å²) in [6.07, 6.45) is 1.97. The molecule has 31 heavy (non-hydrogen) atoms. The number of ether oxygens (including phenoxy) is 1. The second kappa shape index (κ2) is 9.59. The molecule has 0 spiro atoms. The Morgan fingerprint density at radius 1 is 1.23 bits per heavy atom. The first kappa shape index (κ1) is 21.5. The zero-order valence-electron chi connectivity index (χ0n) is 17.2. The molecule has 0 bridgehead atoms. The molecule has 162 valence electrons. The van der Waals surface area contributed by atoms with E-state index in [4.69, 9.17) is 21.6 Å². The Kier molecular flexibility index (Phi) is 6.64. The van der Waals surface area contributed by atoms with Crippen molar-refractivity contribution < 1.29 is 14.6 Å². The number of nitrogens with zero attached hydrogens (tertiary/aromatic N) is 2. The number of carbonyl (C=O) groups is 1. The third-order valence-electron chi connectivity index (χ3n) is 6.32. The van der Waals surface area contributed by atoms with Crippen LogP contribution >= 0.6 is 11.6 Å². The SMILES string of the molecule is N#Cc1ccc(OC2CC(c3ccccc3)CC2N(C(=O)O)[C@@H]2CCCNC2)c(Cl)c1. The molecule has 2 aromatic rings. The Labute approximate surface area is 187 Å². The maximum Gasteiger partial charge on any atom is 0.407 e. The van der Waals surface area contributed by atoms with Gasteiger partial charge in [-0.15, -0.1) is 0 Å². The lowest BCUT2D eigenvalue weighted by Gasteiger charge is -2.39. The molecule has 2 aliphatic rings. The molecule has 1 aliphatic heterocycles. The molecule has 1 amide bonds. The molecule has 4 atom stereocenters. The number of amides is 1. The minimum Gasteiger partial charge on any atom is -0.487 e. The summed E-state index contributed by atoms with van der Waals surface area (Å²) in [4.78, 5) is 14.0. The largest absolute Gasteiger partial charge is 0.487 e. The van der Waals surface area contributed by atoms with Crippen LogP contribution in [0, 0.1) is 11.3 Å². The minimum atomic E-state index is -0.910. The van der Waals surface area contributed by atoms with Crippen LogP contribution in [0.3, 0.4) is 0 Å². The fourth-order valence-corrected chi connectivity index (χ4v) is 5.09. The topological polar surface area (TPSA) is 85.6 Å². The Hall–Kier alpha value is -2.75. The van der Waals surface area contributed by atoms with Gasteiger partial charge in [-0.2, -0.15) is 5.26 Å². The summed E-state index contributed by atoms with van der Waals surface area (Å²) in [5, 5.41) is 22.9. The Bertz CT molecular complexity index is 956. The van der Waals surface area contributed by atoms with Crippen LogP contribution in [0.25, 0.3) is 0 Å². The first-order chi connectivity index (χ1) is 15.1. The average Bonchev–Trinajstić information content (AvgIpc) is 3.19. The Morgan fingerprint density at radius 3 is 2.68 bits per heavy atom. The van der Waals surface area contributed by atoms with Crippen molar-refractivity contribution in [1.29, 1.82) is 5.26 Å². The maximum absolute atomic E-state index is 12.4. The molecule has 2 fully saturated rings. The first-order valence-electron chi connectivity index (χ1n) is 10.7. The quantitative estimate of drug-likeness (QED) is 0.708. The molecule has 0 aromatic heterocycles. The van der Waals surface area contributed by atoms with E-state index in [9.17, 15) is 9.90 Å². The van der Waals surface area contributed by atoms with Gasteiger partial charge in [0.05, 0.1) is 22.7 Å². The number of hydrogen-bond donors (Lipinski definition) is 2. The summed E-state index contributed by atoms with van der Waals surface area (Å²) in [5.74, 6) is 0.684. The number of nitriles is 1. The Morgan fingerprint density at radius 2 is 2.03 bits per heavy atom. The predicted molar refractivity (Wildman–Crippen MR) is 119 cm³/mol. The van der Waals surface area contributed by atoms with Crippen LogP contribution in [0.2, 0.25) is 5.02 Å². The summed E-state index contributed by atoms with van der Waals surface area (Å²) < 4.78 is 6.33. The zero-order chi connectivity index (χ0) is 21.8. The van der Waals surface area contributed by atoms with Gasteiger partial charge in [-0.25, -0.2) is 4.79 Å². The Balaban J connectivity index is 1.63. The highest BCUT2D eigenvalue weighted by molar-refractivity contribution is 6.32. The third kappa shape index (κ3) is 4.79. The van der Waals surface area contributed by atoms with Gasteiger partial charge in [-0.3, -0.25) is 4.90 Å². The molecule has 4 rings (SSSR count). The second-order valence-electron chi connectivity index (χ2n) is 8.25. The van der Waals surface area contributed by atoms with E-state index >= 15 is 0 Å². The van der Waals surface area contributed by atoms with Crippen molar-refractivity contribution in [2.24, 2.45) is 0 Å². The van der Waals surface area contributed by atoms with E-state index in [1.54, 1.807) is 23.1 Å². The predicted octanol–water partition coefficient (Wildman–Crippen LogP) is 4.64. The fourth-order valence-electron chi connectivity index (χ4n) is 4.86. The second-order valence-corrected chi connectivity index (χ2v) is 8.66. The van der Waals surface area contributed by atoms with Gasteiger partial charge in [-0.05, 0) is 61.9 Å². The lowest BCUT2D eigenvalue weighted by atomic mass is 9.97. The monoisotopic (exact) mass is 439 g/mol. The zero-order valence-corrected chi connectivity index (χ0v) is 18.0. The van der Waals surface area contributed by atoms with Gasteiger partial charge in [0.15, 0.2) is 0 Å². The van der Waals surface area contributed by atoms with Crippen LogP contribution in [-0.4, -0.2) is 47.4 Å². The van der Waals surface area contributed by atoms with E-state index in [1.165, 1.54) is 5.56 Å². The van der Waals surface area contributed by atoms with Crippen LogP contribution in [0.5, 0.6) is 5.75 Å². The van der Waals surface area contributed by atoms with Gasteiger partial charge in [0.2, 0.25) is 0 Å². The van der Waals surface area contributed by atoms with E-state index in [2.05, 4.69) is 23.5 Å². The highest BCUT2D eigenvalue weighted by atomic mass is 35.5. The van der Waals surface area contributed by atoms with Gasteiger partial charge < -0.3 is 15.2 Å². The van der Waals surface area contributed by atoms with Crippen LogP contribution in [0.4, 0.5) is 4.79 Å². The van der Waals surface area contributed by atoms with Crippen molar-refractivity contribution in [2.75, 3.05) is 13.1 Å². The van der Waals surface area contributed by atoms with Gasteiger partial charge >= 0.3 is 6.09 Å². The summed E-state index contributed by atoms with van der Waals surface area (Å²) in [5.41, 5.74) is 1.65. The number of hydrogen-bond acceptors (Lipinski definition) is 4. The van der Waals surface area contributed by atoms with Gasteiger partial charge in [0.25, 0.3) is 0 Å². The highest BCUT2D eigenvalue weighted by Gasteiger charge is 2.44. The van der Waals surface area contributed by atoms with Crippen LogP contribution < -0.4 is 10.1 Å². The molecule has 1 aliphatic carbocycles. The number of benzene rings is 2. The number of halogens is 1. The van der Waals surface area contributed by atoms with Crippen molar-refractivity contribution in [3.63, 3.8) is 0 Å². The number of piperidine rings is 1. The molecule has 1 saturated carbocycles. The molecule has 2 aromatic carbocycles. The van der Waals surface area contributed by atoms with Crippen molar-refractivity contribution in [2.45, 2.75) is 49.8 Å². The molecule has 3 unspecified atom stereocenters. The highest BCUT2D eigenvalue weighted by Crippen LogP contribution is 2.41. The molecular weight excluding hydrogens is 414 g/mol. The fraction of sp³-hybridized carbons (Fsp3) is 0.417. The number of carboxylic acid groups (broad SMARTS) is 1. The van der Waals surface area contributed by atoms with E-state index in [0.717, 1.165) is 19.4 Å². The van der Waals surface area contributed by atoms with E-state index in [0.29, 0.717) is 35.7 Å². The van der Waals surface area contributed by atoms with Gasteiger partial charge in [0.1, 0.15) is 11.9 Å². The van der Waals surface area contributed by atoms with Crippen LogP contribution in [0.15, 0.2) is 48.5 Å². The number of rotatable bonds is 5. The molecule has 1 heterocycles. The smallest absolute Gasteiger partial charge is 0.407 e. The average molecular weight is 440 g/mol. The summed E-state index contributed by atoms with van der Waals surface area (Å²) in [6.45, 7) is 1.57. The third-order valence-corrected chi connectivity index (χ3v) is 6.62. The van der Waals surface area contributed by atoms with Crippen LogP contribution in [-0.2, 0) is 0 Å². The lowest BCUT2D eigenvalue weighted by molar-refractivity contribution is 0.0469. The molecular formula is C24H26ClN3O3. The van der Waals surface area contributed by atoms with E-state index in [1.807, 2.05) is 18.2 Å². The van der Waals surface area contributed by atoms with Crippen molar-refractivity contribution in [1.82, 2.24) is 10.2 Å². The van der Waals surface area contributed by atoms with Crippen LogP contribution in [0.1, 0.15) is 42.7 Å². The minimum absolute atomic E-state index is 0.0756.